The van der Waals surface area contributed by atoms with Crippen LogP contribution in [0.15, 0.2) is 129 Å². The molecule has 0 spiro atoms. The molecule has 0 bridgehead atoms. The van der Waals surface area contributed by atoms with Crippen LogP contribution in [0.3, 0.4) is 0 Å². The zero-order valence-electron chi connectivity index (χ0n) is 23.3. The molecule has 0 saturated carbocycles. The normalized spacial score (nSPS) is 14.7. The Labute approximate surface area is 261 Å². The lowest BCUT2D eigenvalue weighted by molar-refractivity contribution is -0.138. The monoisotopic (exact) mass is 650 g/mol. The predicted octanol–water partition coefficient (Wildman–Crippen LogP) is 6.28. The highest BCUT2D eigenvalue weighted by Crippen LogP contribution is 2.35. The van der Waals surface area contributed by atoms with Gasteiger partial charge in [0.05, 0.1) is 28.5 Å². The summed E-state index contributed by atoms with van der Waals surface area (Å²) in [6, 6.07) is 34.0. The Morgan fingerprint density at radius 3 is 2.28 bits per heavy atom. The fourth-order valence-electron chi connectivity index (χ4n) is 4.95. The molecule has 0 unspecified atom stereocenters. The van der Waals surface area contributed by atoms with Crippen LogP contribution in [0, 0.1) is 0 Å². The van der Waals surface area contributed by atoms with Gasteiger partial charge in [-0.2, -0.15) is 0 Å². The number of ether oxygens (including phenoxy) is 2. The van der Waals surface area contributed by atoms with E-state index in [0.29, 0.717) is 27.2 Å². The van der Waals surface area contributed by atoms with E-state index < -0.39 is 12.0 Å². The number of aromatic nitrogens is 1. The van der Waals surface area contributed by atoms with E-state index in [1.165, 1.54) is 11.3 Å². The van der Waals surface area contributed by atoms with Gasteiger partial charge < -0.3 is 9.47 Å². The second kappa shape index (κ2) is 12.8. The van der Waals surface area contributed by atoms with Crippen LogP contribution >= 0.6 is 27.3 Å². The number of carbonyl (C=O) groups is 1. The van der Waals surface area contributed by atoms with Crippen molar-refractivity contribution < 1.29 is 14.3 Å². The van der Waals surface area contributed by atoms with Crippen molar-refractivity contribution in [1.29, 1.82) is 0 Å². The van der Waals surface area contributed by atoms with Gasteiger partial charge in [0.15, 0.2) is 4.80 Å². The van der Waals surface area contributed by atoms with Crippen LogP contribution in [0.1, 0.15) is 35.2 Å². The van der Waals surface area contributed by atoms with Crippen molar-refractivity contribution in [2.75, 3.05) is 6.61 Å². The lowest BCUT2D eigenvalue weighted by Gasteiger charge is -2.25. The third kappa shape index (κ3) is 6.16. The predicted molar refractivity (Wildman–Crippen MR) is 172 cm³/mol. The second-order valence-electron chi connectivity index (χ2n) is 9.83. The first-order valence-electron chi connectivity index (χ1n) is 13.8. The summed E-state index contributed by atoms with van der Waals surface area (Å²) in [5, 5.41) is 0. The SMILES string of the molecule is CCOC(=O)C1=C(c2ccccc2)N=c2s/c(=C\c3ccc(OCc4ccc(Br)cc4)cc3)c(=O)n2[C@H]1c1ccccc1. The third-order valence-electron chi connectivity index (χ3n) is 6.99. The molecule has 5 aromatic rings. The number of esters is 1. The molecule has 2 heterocycles. The Morgan fingerprint density at radius 2 is 1.60 bits per heavy atom. The largest absolute Gasteiger partial charge is 0.489 e. The van der Waals surface area contributed by atoms with E-state index in [9.17, 15) is 9.59 Å². The summed E-state index contributed by atoms with van der Waals surface area (Å²) < 4.78 is 14.6. The number of benzene rings is 4. The summed E-state index contributed by atoms with van der Waals surface area (Å²) in [5.74, 6) is 0.240. The molecule has 8 heteroatoms. The second-order valence-corrected chi connectivity index (χ2v) is 11.8. The molecule has 0 aliphatic carbocycles. The molecule has 0 radical (unpaired) electrons. The van der Waals surface area contributed by atoms with Crippen LogP contribution in [0.25, 0.3) is 11.8 Å². The third-order valence-corrected chi connectivity index (χ3v) is 8.50. The smallest absolute Gasteiger partial charge is 0.338 e. The summed E-state index contributed by atoms with van der Waals surface area (Å²) in [5.41, 5.74) is 4.13. The van der Waals surface area contributed by atoms with Crippen LogP contribution in [-0.2, 0) is 16.1 Å². The number of nitrogens with zero attached hydrogens (tertiary/aromatic N) is 2. The first kappa shape index (κ1) is 28.6. The van der Waals surface area contributed by atoms with Gasteiger partial charge in [-0.25, -0.2) is 9.79 Å². The van der Waals surface area contributed by atoms with Crippen molar-refractivity contribution in [3.05, 3.63) is 161 Å². The Kier molecular flexibility index (Phi) is 8.49. The average Bonchev–Trinajstić information content (AvgIpc) is 3.35. The van der Waals surface area contributed by atoms with Crippen molar-refractivity contribution >= 4 is 45.0 Å². The maximum Gasteiger partial charge on any atom is 0.338 e. The first-order valence-corrected chi connectivity index (χ1v) is 15.4. The van der Waals surface area contributed by atoms with Crippen LogP contribution < -0.4 is 19.6 Å². The molecular weight excluding hydrogens is 624 g/mol. The van der Waals surface area contributed by atoms with Crippen molar-refractivity contribution in [2.24, 2.45) is 4.99 Å². The highest BCUT2D eigenvalue weighted by molar-refractivity contribution is 9.10. The molecule has 1 atom stereocenters. The van der Waals surface area contributed by atoms with Crippen LogP contribution in [-0.4, -0.2) is 17.1 Å². The molecule has 1 aliphatic rings. The molecular formula is C35H27BrN2O4S. The van der Waals surface area contributed by atoms with E-state index in [2.05, 4.69) is 15.9 Å². The Hall–Kier alpha value is -4.53. The average molecular weight is 652 g/mol. The summed E-state index contributed by atoms with van der Waals surface area (Å²) in [6.07, 6.45) is 1.85. The number of fused-ring (bicyclic) bond motifs is 1. The van der Waals surface area contributed by atoms with E-state index >= 15 is 0 Å². The van der Waals surface area contributed by atoms with Gasteiger partial charge in [0.2, 0.25) is 0 Å². The highest BCUT2D eigenvalue weighted by Gasteiger charge is 2.35. The zero-order valence-corrected chi connectivity index (χ0v) is 25.7. The minimum Gasteiger partial charge on any atom is -0.489 e. The highest BCUT2D eigenvalue weighted by atomic mass is 79.9. The van der Waals surface area contributed by atoms with Gasteiger partial charge in [-0.3, -0.25) is 9.36 Å². The number of thiazole rings is 1. The number of hydrogen-bond acceptors (Lipinski definition) is 6. The summed E-state index contributed by atoms with van der Waals surface area (Å²) >= 11 is 4.75. The molecule has 1 aromatic heterocycles. The van der Waals surface area contributed by atoms with E-state index in [-0.39, 0.29) is 12.2 Å². The van der Waals surface area contributed by atoms with Gasteiger partial charge in [-0.05, 0) is 54.0 Å². The lowest BCUT2D eigenvalue weighted by atomic mass is 9.93. The molecule has 43 heavy (non-hydrogen) atoms. The minimum absolute atomic E-state index is 0.208. The Morgan fingerprint density at radius 1 is 0.930 bits per heavy atom. The topological polar surface area (TPSA) is 69.9 Å². The van der Waals surface area contributed by atoms with E-state index in [1.54, 1.807) is 11.5 Å². The van der Waals surface area contributed by atoms with Crippen LogP contribution in [0.2, 0.25) is 0 Å². The molecule has 0 N–H and O–H groups in total. The van der Waals surface area contributed by atoms with Crippen LogP contribution in [0.4, 0.5) is 0 Å². The Balaban J connectivity index is 1.41. The number of rotatable bonds is 8. The minimum atomic E-state index is -0.691. The fraction of sp³-hybridized carbons (Fsp3) is 0.114. The quantitative estimate of drug-likeness (QED) is 0.186. The van der Waals surface area contributed by atoms with Crippen molar-refractivity contribution in [3.63, 3.8) is 0 Å². The molecule has 0 amide bonds. The van der Waals surface area contributed by atoms with Crippen LogP contribution in [0.5, 0.6) is 5.75 Å². The maximum absolute atomic E-state index is 14.0. The van der Waals surface area contributed by atoms with E-state index in [0.717, 1.165) is 32.5 Å². The first-order chi connectivity index (χ1) is 21.0. The summed E-state index contributed by atoms with van der Waals surface area (Å²) in [7, 11) is 0. The van der Waals surface area contributed by atoms with Gasteiger partial charge in [0.25, 0.3) is 5.56 Å². The Bertz CT molecular complexity index is 1960. The molecule has 214 valence electrons. The van der Waals surface area contributed by atoms with Crippen molar-refractivity contribution in [1.82, 2.24) is 4.57 Å². The van der Waals surface area contributed by atoms with Gasteiger partial charge in [-0.15, -0.1) is 0 Å². The van der Waals surface area contributed by atoms with Gasteiger partial charge in [0, 0.05) is 10.0 Å². The molecule has 0 saturated heterocycles. The standard InChI is InChI=1S/C35H27BrN2O4S/c1-2-41-34(40)30-31(25-9-5-3-6-10-25)37-35-38(32(30)26-11-7-4-8-12-26)33(39)29(43-35)21-23-15-19-28(20-16-23)42-22-24-13-17-27(36)18-14-24/h3-21,32H,2,22H2,1H3/b29-21-/t32-/m0/s1. The van der Waals surface area contributed by atoms with Crippen molar-refractivity contribution in [2.45, 2.75) is 19.6 Å². The molecule has 1 aliphatic heterocycles. The molecule has 4 aromatic carbocycles. The summed E-state index contributed by atoms with van der Waals surface area (Å²) in [4.78, 5) is 32.9. The molecule has 6 nitrogen and oxygen atoms in total. The van der Waals surface area contributed by atoms with E-state index in [4.69, 9.17) is 14.5 Å². The maximum atomic E-state index is 14.0. The molecule has 0 fully saturated rings. The fourth-order valence-corrected chi connectivity index (χ4v) is 6.22. The number of halogens is 1. The lowest BCUT2D eigenvalue weighted by Crippen LogP contribution is -2.39. The van der Waals surface area contributed by atoms with Gasteiger partial charge in [0.1, 0.15) is 12.4 Å². The van der Waals surface area contributed by atoms with Gasteiger partial charge >= 0.3 is 5.97 Å². The summed E-state index contributed by atoms with van der Waals surface area (Å²) in [6.45, 7) is 2.43. The molecule has 6 rings (SSSR count). The number of hydrogen-bond donors (Lipinski definition) is 0. The van der Waals surface area contributed by atoms with Crippen molar-refractivity contribution in [3.8, 4) is 5.75 Å². The number of carbonyl (C=O) groups excluding carboxylic acids is 1. The van der Waals surface area contributed by atoms with Gasteiger partial charge in [-0.1, -0.05) is 112 Å². The van der Waals surface area contributed by atoms with E-state index in [1.807, 2.05) is 115 Å². The zero-order chi connectivity index (χ0) is 29.8.